The van der Waals surface area contributed by atoms with E-state index < -0.39 is 79.4 Å². The normalized spacial score (nSPS) is 26.1. The van der Waals surface area contributed by atoms with Gasteiger partial charge in [0.1, 0.15) is 22.8 Å². The van der Waals surface area contributed by atoms with Crippen molar-refractivity contribution in [3.05, 3.63) is 69.8 Å². The number of aromatic nitrogens is 1. The summed E-state index contributed by atoms with van der Waals surface area (Å²) >= 11 is 0. The van der Waals surface area contributed by atoms with Gasteiger partial charge in [-0.2, -0.15) is 0 Å². The van der Waals surface area contributed by atoms with E-state index in [0.29, 0.717) is 16.8 Å². The molecule has 13 heteroatoms. The summed E-state index contributed by atoms with van der Waals surface area (Å²) in [6.07, 6.45) is 2.48. The molecule has 6 N–H and O–H groups in total. The van der Waals surface area contributed by atoms with Gasteiger partial charge in [-0.1, -0.05) is 6.07 Å². The number of aromatic hydroxyl groups is 1. The van der Waals surface area contributed by atoms with Crippen molar-refractivity contribution in [3.8, 4) is 17.0 Å². The first-order valence-corrected chi connectivity index (χ1v) is 14.8. The number of likely N-dealkylation sites (N-methyl/N-ethyl adjacent to an activating group) is 1. The summed E-state index contributed by atoms with van der Waals surface area (Å²) in [7, 11) is -0.560. The van der Waals surface area contributed by atoms with E-state index >= 15 is 0 Å². The first-order chi connectivity index (χ1) is 19.1. The minimum absolute atomic E-state index is 0.0488. The van der Waals surface area contributed by atoms with Crippen LogP contribution in [0.3, 0.4) is 0 Å². The lowest BCUT2D eigenvalue weighted by molar-refractivity contribution is -0.148. The number of ketones is 2. The molecule has 0 fully saturated rings. The minimum atomic E-state index is -3.66. The highest BCUT2D eigenvalue weighted by molar-refractivity contribution is 7.89. The predicted molar refractivity (Wildman–Crippen MR) is 145 cm³/mol. The fraction of sp³-hybridized carbons (Fsp3) is 0.357. The van der Waals surface area contributed by atoms with E-state index in [0.717, 1.165) is 6.26 Å². The summed E-state index contributed by atoms with van der Waals surface area (Å²) in [5, 5.41) is 45.3. The number of phenols is 1. The number of pyridine rings is 1. The molecule has 41 heavy (non-hydrogen) atoms. The minimum Gasteiger partial charge on any atom is -0.510 e. The fourth-order valence-electron chi connectivity index (χ4n) is 6.52. The van der Waals surface area contributed by atoms with Gasteiger partial charge >= 0.3 is 0 Å². The van der Waals surface area contributed by atoms with Gasteiger partial charge < -0.3 is 26.2 Å². The van der Waals surface area contributed by atoms with Gasteiger partial charge in [0.25, 0.3) is 5.91 Å². The summed E-state index contributed by atoms with van der Waals surface area (Å²) in [6.45, 7) is 0. The van der Waals surface area contributed by atoms with Crippen LogP contribution < -0.4 is 5.73 Å². The molecule has 5 rings (SSSR count). The average Bonchev–Trinajstić information content (AvgIpc) is 2.87. The van der Waals surface area contributed by atoms with E-state index in [1.807, 2.05) is 0 Å². The Labute approximate surface area is 235 Å². The van der Waals surface area contributed by atoms with E-state index in [1.54, 1.807) is 32.3 Å². The van der Waals surface area contributed by atoms with E-state index in [1.165, 1.54) is 17.2 Å². The maximum Gasteiger partial charge on any atom is 0.255 e. The third-order valence-corrected chi connectivity index (χ3v) is 9.00. The molecule has 0 saturated heterocycles. The molecule has 1 heterocycles. The molecule has 3 aliphatic rings. The number of rotatable bonds is 5. The second-order valence-electron chi connectivity index (χ2n) is 11.0. The van der Waals surface area contributed by atoms with E-state index in [-0.39, 0.29) is 29.5 Å². The van der Waals surface area contributed by atoms with Gasteiger partial charge in [0.15, 0.2) is 21.2 Å². The second-order valence-corrected chi connectivity index (χ2v) is 13.2. The van der Waals surface area contributed by atoms with E-state index in [2.05, 4.69) is 4.98 Å². The Kier molecular flexibility index (Phi) is 6.59. The molecule has 4 atom stereocenters. The number of phenolic OH excluding ortho intramolecular Hbond substituents is 1. The van der Waals surface area contributed by atoms with E-state index in [4.69, 9.17) is 5.73 Å². The van der Waals surface area contributed by atoms with Gasteiger partial charge in [-0.3, -0.25) is 24.3 Å². The number of aliphatic hydroxyl groups is 3. The molecule has 1 aromatic carbocycles. The molecule has 3 aliphatic carbocycles. The Hall–Kier alpha value is -4.07. The summed E-state index contributed by atoms with van der Waals surface area (Å²) in [6, 6.07) is 5.42. The summed E-state index contributed by atoms with van der Waals surface area (Å²) in [5.41, 5.74) is 2.22. The van der Waals surface area contributed by atoms with Gasteiger partial charge in [-0.25, -0.2) is 8.42 Å². The van der Waals surface area contributed by atoms with Crippen LogP contribution in [0.25, 0.3) is 11.3 Å². The van der Waals surface area contributed by atoms with Crippen LogP contribution in [0.2, 0.25) is 0 Å². The van der Waals surface area contributed by atoms with Gasteiger partial charge in [0, 0.05) is 35.1 Å². The number of hydrogen-bond donors (Lipinski definition) is 5. The summed E-state index contributed by atoms with van der Waals surface area (Å²) < 4.78 is 24.3. The van der Waals surface area contributed by atoms with Crippen molar-refractivity contribution in [2.24, 2.45) is 17.6 Å². The molecule has 2 aromatic rings. The number of carbonyl (C=O) groups excluding carboxylic acids is 3. The Morgan fingerprint density at radius 3 is 2.44 bits per heavy atom. The maximum absolute atomic E-state index is 14.1. The van der Waals surface area contributed by atoms with Crippen LogP contribution in [-0.2, 0) is 31.6 Å². The highest BCUT2D eigenvalue weighted by Gasteiger charge is 2.63. The molecule has 12 nitrogen and oxygen atoms in total. The molecule has 1 amide bonds. The zero-order valence-corrected chi connectivity index (χ0v) is 23.3. The van der Waals surface area contributed by atoms with Crippen LogP contribution in [0.4, 0.5) is 0 Å². The molecule has 0 bridgehead atoms. The largest absolute Gasteiger partial charge is 0.510 e. The van der Waals surface area contributed by atoms with Crippen molar-refractivity contribution in [1.82, 2.24) is 9.88 Å². The van der Waals surface area contributed by atoms with Crippen molar-refractivity contribution >= 4 is 27.3 Å². The number of benzene rings is 1. The lowest BCUT2D eigenvalue weighted by Gasteiger charge is -2.50. The first-order valence-electron chi connectivity index (χ1n) is 12.7. The Morgan fingerprint density at radius 1 is 1.20 bits per heavy atom. The lowest BCUT2D eigenvalue weighted by Crippen LogP contribution is -2.63. The van der Waals surface area contributed by atoms with Crippen molar-refractivity contribution in [3.63, 3.8) is 0 Å². The molecule has 1 aromatic heterocycles. The smallest absolute Gasteiger partial charge is 0.255 e. The maximum atomic E-state index is 14.1. The van der Waals surface area contributed by atoms with Crippen LogP contribution >= 0.6 is 0 Å². The van der Waals surface area contributed by atoms with Crippen molar-refractivity contribution in [2.75, 3.05) is 20.4 Å². The quantitative estimate of drug-likeness (QED) is 0.310. The van der Waals surface area contributed by atoms with Crippen molar-refractivity contribution in [1.29, 1.82) is 0 Å². The number of sulfone groups is 1. The third kappa shape index (κ3) is 4.23. The van der Waals surface area contributed by atoms with Gasteiger partial charge in [-0.05, 0) is 56.6 Å². The zero-order chi connectivity index (χ0) is 30.2. The molecular formula is C28H29N3O9S. The Bertz CT molecular complexity index is 1700. The molecule has 0 aliphatic heterocycles. The van der Waals surface area contributed by atoms with Crippen LogP contribution in [0, 0.1) is 11.8 Å². The van der Waals surface area contributed by atoms with Crippen molar-refractivity contribution < 1.29 is 43.2 Å². The number of hydrogen-bond acceptors (Lipinski definition) is 11. The van der Waals surface area contributed by atoms with Crippen LogP contribution in [0.1, 0.15) is 27.9 Å². The van der Waals surface area contributed by atoms with Gasteiger partial charge in [0.05, 0.1) is 23.1 Å². The highest BCUT2D eigenvalue weighted by atomic mass is 32.2. The van der Waals surface area contributed by atoms with Gasteiger partial charge in [-0.15, -0.1) is 0 Å². The zero-order valence-electron chi connectivity index (χ0n) is 22.5. The predicted octanol–water partition coefficient (Wildman–Crippen LogP) is 0.727. The number of carbonyl (C=O) groups is 3. The molecule has 0 radical (unpaired) electrons. The van der Waals surface area contributed by atoms with Gasteiger partial charge in [0.2, 0.25) is 5.78 Å². The number of amides is 1. The van der Waals surface area contributed by atoms with Crippen LogP contribution in [0.5, 0.6) is 5.75 Å². The number of primary amides is 1. The fourth-order valence-corrected chi connectivity index (χ4v) is 7.30. The monoisotopic (exact) mass is 583 g/mol. The molecule has 0 unspecified atom stereocenters. The number of nitrogens with two attached hydrogens (primary N) is 1. The van der Waals surface area contributed by atoms with Crippen LogP contribution in [0.15, 0.2) is 53.1 Å². The lowest BCUT2D eigenvalue weighted by atomic mass is 9.58. The number of nitrogens with zero attached hydrogens (tertiary/aromatic N) is 2. The van der Waals surface area contributed by atoms with Crippen molar-refractivity contribution in [2.45, 2.75) is 30.2 Å². The third-order valence-electron chi connectivity index (χ3n) is 8.16. The number of allylic oxidation sites excluding steroid dienone is 1. The standard InChI is InChI=1S/C28H29N3O9S/c1-31(2)21-16-10-12-8-15-14(17-6-4-5-7-30-17)9-13(11-41(3,39)40)22(32)19(15)23(33)18(12)25(35)28(16,38)26(36)20(24(21)34)27(29)37/h4-7,9,12,16,21,32,34-35,38H,8,10-11H2,1-3H3,(H2,29,37)/t12-,16-,21-,28-/m0/s1. The number of aliphatic hydroxyl groups excluding tert-OH is 2. The SMILES string of the molecule is CN(C)[C@@H]1C(O)=C(C(N)=O)C(=O)[C@@]2(O)C(O)=C3C(=O)c4c(O)c(CS(C)(=O)=O)cc(-c5ccccn5)c4C[C@H]3C[C@@H]12. The Morgan fingerprint density at radius 2 is 1.88 bits per heavy atom. The second kappa shape index (κ2) is 9.50. The summed E-state index contributed by atoms with van der Waals surface area (Å²) in [5.74, 6) is -8.32. The van der Waals surface area contributed by atoms with Crippen LogP contribution in [-0.4, -0.2) is 88.2 Å². The number of Topliss-reactive ketones (excluding diaryl/α,β-unsaturated/α-hetero) is 2. The molecule has 216 valence electrons. The highest BCUT2D eigenvalue weighted by Crippen LogP contribution is 2.53. The average molecular weight is 584 g/mol. The molecular weight excluding hydrogens is 554 g/mol. The number of fused-ring (bicyclic) bond motifs is 3. The Balaban J connectivity index is 1.78. The summed E-state index contributed by atoms with van der Waals surface area (Å²) in [4.78, 5) is 45.5. The van der Waals surface area contributed by atoms with E-state index in [9.17, 15) is 43.2 Å². The first kappa shape index (κ1) is 28.5. The topological polar surface area (TPSA) is 208 Å². The molecule has 0 spiro atoms. The molecule has 0 saturated carbocycles.